The van der Waals surface area contributed by atoms with Crippen molar-refractivity contribution in [1.82, 2.24) is 20.5 Å². The van der Waals surface area contributed by atoms with Crippen LogP contribution in [0.15, 0.2) is 6.33 Å². The summed E-state index contributed by atoms with van der Waals surface area (Å²) in [5.74, 6) is 0.978. The zero-order valence-electron chi connectivity index (χ0n) is 9.61. The lowest BCUT2D eigenvalue weighted by molar-refractivity contribution is 0.142. The van der Waals surface area contributed by atoms with Crippen molar-refractivity contribution in [1.29, 1.82) is 0 Å². The van der Waals surface area contributed by atoms with E-state index in [-0.39, 0.29) is 0 Å². The number of H-pyrrole nitrogens is 1. The summed E-state index contributed by atoms with van der Waals surface area (Å²) in [6.45, 7) is 2.88. The van der Waals surface area contributed by atoms with Gasteiger partial charge in [-0.15, -0.1) is 0 Å². The maximum absolute atomic E-state index is 5.43. The quantitative estimate of drug-likeness (QED) is 0.729. The molecule has 1 aromatic heterocycles. The molecular weight excluding hydrogens is 204 g/mol. The van der Waals surface area contributed by atoms with Gasteiger partial charge < -0.3 is 10.1 Å². The molecule has 0 aliphatic carbocycles. The molecule has 0 amide bonds. The van der Waals surface area contributed by atoms with Crippen LogP contribution in [0, 0.1) is 0 Å². The maximum Gasteiger partial charge on any atom is 0.137 e. The molecule has 2 rings (SSSR count). The van der Waals surface area contributed by atoms with Gasteiger partial charge in [0, 0.05) is 25.7 Å². The minimum absolute atomic E-state index is 0.636. The van der Waals surface area contributed by atoms with E-state index in [0.29, 0.717) is 6.04 Å². The molecule has 2 N–H and O–H groups in total. The Balaban J connectivity index is 1.56. The summed E-state index contributed by atoms with van der Waals surface area (Å²) in [7, 11) is 0. The Morgan fingerprint density at radius 2 is 2.44 bits per heavy atom. The molecule has 90 valence electrons. The predicted octanol–water partition coefficient (Wildman–Crippen LogP) is 0.896. The van der Waals surface area contributed by atoms with Crippen LogP contribution in [0.2, 0.25) is 0 Å². The Morgan fingerprint density at radius 1 is 1.44 bits per heavy atom. The first-order valence-electron chi connectivity index (χ1n) is 6.10. The van der Waals surface area contributed by atoms with Crippen molar-refractivity contribution in [3.05, 3.63) is 12.2 Å². The summed E-state index contributed by atoms with van der Waals surface area (Å²) in [6.07, 6.45) is 7.19. The van der Waals surface area contributed by atoms with Crippen LogP contribution in [-0.2, 0) is 11.2 Å². The zero-order valence-corrected chi connectivity index (χ0v) is 9.61. The Morgan fingerprint density at radius 3 is 3.31 bits per heavy atom. The zero-order chi connectivity index (χ0) is 11.1. The Hall–Kier alpha value is -0.940. The van der Waals surface area contributed by atoms with Gasteiger partial charge in [0.15, 0.2) is 0 Å². The number of rotatable bonds is 5. The Kier molecular flexibility index (Phi) is 4.76. The average molecular weight is 224 g/mol. The normalized spacial score (nSPS) is 21.9. The van der Waals surface area contributed by atoms with Gasteiger partial charge in [-0.1, -0.05) is 0 Å². The summed E-state index contributed by atoms with van der Waals surface area (Å²) in [4.78, 5) is 4.10. The molecule has 0 radical (unpaired) electrons. The van der Waals surface area contributed by atoms with E-state index >= 15 is 0 Å². The van der Waals surface area contributed by atoms with Gasteiger partial charge in [0.05, 0.1) is 0 Å². The first kappa shape index (κ1) is 11.5. The van der Waals surface area contributed by atoms with Crippen LogP contribution >= 0.6 is 0 Å². The van der Waals surface area contributed by atoms with Gasteiger partial charge in [-0.05, 0) is 32.2 Å². The van der Waals surface area contributed by atoms with Gasteiger partial charge in [0.1, 0.15) is 12.2 Å². The number of ether oxygens (including phenoxy) is 1. The minimum atomic E-state index is 0.636. The number of aromatic nitrogens is 3. The fraction of sp³-hybridized carbons (Fsp3) is 0.818. The molecule has 1 aliphatic rings. The fourth-order valence-corrected chi connectivity index (χ4v) is 2.02. The van der Waals surface area contributed by atoms with Gasteiger partial charge in [-0.25, -0.2) is 4.98 Å². The van der Waals surface area contributed by atoms with Gasteiger partial charge >= 0.3 is 0 Å². The van der Waals surface area contributed by atoms with E-state index in [1.54, 1.807) is 6.33 Å². The van der Waals surface area contributed by atoms with Crippen molar-refractivity contribution >= 4 is 0 Å². The molecule has 1 atom stereocenters. The van der Waals surface area contributed by atoms with Crippen molar-refractivity contribution in [3.63, 3.8) is 0 Å². The molecule has 0 bridgehead atoms. The molecule has 1 fully saturated rings. The number of aromatic amines is 1. The van der Waals surface area contributed by atoms with Gasteiger partial charge in [-0.3, -0.25) is 5.10 Å². The van der Waals surface area contributed by atoms with Crippen molar-refractivity contribution < 1.29 is 4.74 Å². The largest absolute Gasteiger partial charge is 0.381 e. The number of nitrogens with one attached hydrogen (secondary N) is 2. The van der Waals surface area contributed by atoms with Crippen molar-refractivity contribution in [2.24, 2.45) is 0 Å². The van der Waals surface area contributed by atoms with Crippen molar-refractivity contribution in [2.45, 2.75) is 38.1 Å². The molecule has 5 nitrogen and oxygen atoms in total. The summed E-state index contributed by atoms with van der Waals surface area (Å²) >= 11 is 0. The standard InChI is InChI=1S/C11H20N4O/c1(4-11-13-9-14-15-11)6-12-10-3-2-7-16-8-5-10/h9-10,12H,1-8H2,(H,13,14,15). The lowest BCUT2D eigenvalue weighted by atomic mass is 10.1. The van der Waals surface area contributed by atoms with Crippen LogP contribution in [0.5, 0.6) is 0 Å². The second-order valence-electron chi connectivity index (χ2n) is 4.23. The third kappa shape index (κ3) is 3.90. The van der Waals surface area contributed by atoms with E-state index in [4.69, 9.17) is 4.74 Å². The average Bonchev–Trinajstić information content (AvgIpc) is 2.68. The minimum Gasteiger partial charge on any atom is -0.381 e. The molecule has 5 heteroatoms. The van der Waals surface area contributed by atoms with Gasteiger partial charge in [0.2, 0.25) is 0 Å². The second-order valence-corrected chi connectivity index (χ2v) is 4.23. The van der Waals surface area contributed by atoms with Crippen LogP contribution < -0.4 is 5.32 Å². The van der Waals surface area contributed by atoms with E-state index in [1.807, 2.05) is 0 Å². The molecule has 0 saturated carbocycles. The van der Waals surface area contributed by atoms with Crippen LogP contribution in [0.25, 0.3) is 0 Å². The molecule has 16 heavy (non-hydrogen) atoms. The number of aryl methyl sites for hydroxylation is 1. The molecule has 0 spiro atoms. The van der Waals surface area contributed by atoms with Crippen LogP contribution in [-0.4, -0.2) is 41.0 Å². The molecular formula is C11H20N4O. The van der Waals surface area contributed by atoms with Crippen LogP contribution in [0.3, 0.4) is 0 Å². The lowest BCUT2D eigenvalue weighted by Crippen LogP contribution is -2.30. The van der Waals surface area contributed by atoms with Crippen molar-refractivity contribution in [3.8, 4) is 0 Å². The van der Waals surface area contributed by atoms with Gasteiger partial charge in [0.25, 0.3) is 0 Å². The maximum atomic E-state index is 5.43. The van der Waals surface area contributed by atoms with Crippen LogP contribution in [0.4, 0.5) is 0 Å². The predicted molar refractivity (Wildman–Crippen MR) is 61.2 cm³/mol. The summed E-state index contributed by atoms with van der Waals surface area (Å²) < 4.78 is 5.43. The number of hydrogen-bond donors (Lipinski definition) is 2. The monoisotopic (exact) mass is 224 g/mol. The summed E-state index contributed by atoms with van der Waals surface area (Å²) in [5.41, 5.74) is 0. The summed E-state index contributed by atoms with van der Waals surface area (Å²) in [6, 6.07) is 0.636. The van der Waals surface area contributed by atoms with E-state index in [0.717, 1.165) is 44.8 Å². The fourth-order valence-electron chi connectivity index (χ4n) is 2.02. The van der Waals surface area contributed by atoms with E-state index in [9.17, 15) is 0 Å². The highest BCUT2D eigenvalue weighted by molar-refractivity contribution is 4.80. The smallest absolute Gasteiger partial charge is 0.137 e. The number of nitrogens with zero attached hydrogens (tertiary/aromatic N) is 2. The molecule has 1 aromatic rings. The van der Waals surface area contributed by atoms with Crippen molar-refractivity contribution in [2.75, 3.05) is 19.8 Å². The Labute approximate surface area is 96.0 Å². The SMILES string of the molecule is c1n[nH]c(CCCNC2CCCOCC2)n1. The topological polar surface area (TPSA) is 62.8 Å². The number of hydrogen-bond acceptors (Lipinski definition) is 4. The third-order valence-electron chi connectivity index (χ3n) is 2.94. The molecule has 2 heterocycles. The van der Waals surface area contributed by atoms with Crippen LogP contribution in [0.1, 0.15) is 31.5 Å². The molecule has 1 saturated heterocycles. The third-order valence-corrected chi connectivity index (χ3v) is 2.94. The first-order valence-corrected chi connectivity index (χ1v) is 6.10. The highest BCUT2D eigenvalue weighted by Gasteiger charge is 2.10. The first-order chi connectivity index (χ1) is 7.95. The van der Waals surface area contributed by atoms with E-state index in [1.165, 1.54) is 12.8 Å². The molecule has 0 aromatic carbocycles. The lowest BCUT2D eigenvalue weighted by Gasteiger charge is -2.14. The van der Waals surface area contributed by atoms with E-state index < -0.39 is 0 Å². The molecule has 1 unspecified atom stereocenters. The molecule has 1 aliphatic heterocycles. The highest BCUT2D eigenvalue weighted by atomic mass is 16.5. The van der Waals surface area contributed by atoms with Gasteiger partial charge in [-0.2, -0.15) is 5.10 Å². The summed E-state index contributed by atoms with van der Waals surface area (Å²) in [5, 5.41) is 10.3. The second kappa shape index (κ2) is 6.60. The van der Waals surface area contributed by atoms with E-state index in [2.05, 4.69) is 20.5 Å². The highest BCUT2D eigenvalue weighted by Crippen LogP contribution is 2.07. The Bertz CT molecular complexity index is 268.